The number of rotatable bonds is 5. The van der Waals surface area contributed by atoms with Gasteiger partial charge in [0.05, 0.1) is 12.2 Å². The fraction of sp³-hybridized carbons (Fsp3) is 0.316. The Bertz CT molecular complexity index is 602. The number of carbonyl (C=O) groups excluding carboxylic acids is 1. The number of hydrogen-bond donors (Lipinski definition) is 0. The molecule has 0 bridgehead atoms. The van der Waals surface area contributed by atoms with Gasteiger partial charge >= 0.3 is 6.16 Å². The normalized spacial score (nSPS) is 12.5. The summed E-state index contributed by atoms with van der Waals surface area (Å²) in [5.74, 6) is 0.445. The topological polar surface area (TPSA) is 44.8 Å². The highest BCUT2D eigenvalue weighted by Gasteiger charge is 2.21. The summed E-state index contributed by atoms with van der Waals surface area (Å²) in [6, 6.07) is 18.3. The summed E-state index contributed by atoms with van der Waals surface area (Å²) in [7, 11) is 0. The Balaban J connectivity index is 2.03. The predicted octanol–water partition coefficient (Wildman–Crippen LogP) is 4.76. The van der Waals surface area contributed by atoms with Gasteiger partial charge in [-0.15, -0.1) is 0 Å². The van der Waals surface area contributed by atoms with Crippen molar-refractivity contribution in [2.75, 3.05) is 6.61 Å². The van der Waals surface area contributed by atoms with Crippen molar-refractivity contribution in [3.63, 3.8) is 0 Å². The lowest BCUT2D eigenvalue weighted by Crippen LogP contribution is -2.26. The maximum absolute atomic E-state index is 12.0. The molecule has 23 heavy (non-hydrogen) atoms. The van der Waals surface area contributed by atoms with E-state index >= 15 is 0 Å². The lowest BCUT2D eigenvalue weighted by Gasteiger charge is -2.24. The van der Waals surface area contributed by atoms with Gasteiger partial charge < -0.3 is 14.2 Å². The standard InChI is InChI=1S/C19H22O4/c1-19(2,3)21-14-17(15-10-6-4-7-11-15)23-18(20)22-16-12-8-5-9-13-16/h4-13,17H,14H2,1-3H3. The number of carbonyl (C=O) groups is 1. The second-order valence-electron chi connectivity index (χ2n) is 6.11. The van der Waals surface area contributed by atoms with Crippen molar-refractivity contribution in [1.82, 2.24) is 0 Å². The van der Waals surface area contributed by atoms with E-state index < -0.39 is 12.3 Å². The van der Waals surface area contributed by atoms with Gasteiger partial charge in [-0.2, -0.15) is 0 Å². The summed E-state index contributed by atoms with van der Waals surface area (Å²) in [4.78, 5) is 12.0. The molecule has 2 aromatic carbocycles. The van der Waals surface area contributed by atoms with E-state index in [2.05, 4.69) is 0 Å². The van der Waals surface area contributed by atoms with Gasteiger partial charge in [-0.3, -0.25) is 0 Å². The van der Waals surface area contributed by atoms with E-state index in [0.717, 1.165) is 5.56 Å². The van der Waals surface area contributed by atoms with Crippen LogP contribution < -0.4 is 4.74 Å². The zero-order valence-electron chi connectivity index (χ0n) is 13.7. The van der Waals surface area contributed by atoms with Crippen molar-refractivity contribution in [3.05, 3.63) is 66.2 Å². The monoisotopic (exact) mass is 314 g/mol. The Kier molecular flexibility index (Phi) is 5.77. The minimum Gasteiger partial charge on any atom is -0.423 e. The Labute approximate surface area is 137 Å². The Morgan fingerprint density at radius 1 is 0.957 bits per heavy atom. The third kappa shape index (κ3) is 6.12. The molecule has 0 aliphatic rings. The lowest BCUT2D eigenvalue weighted by molar-refractivity contribution is -0.0602. The molecule has 0 heterocycles. The Hall–Kier alpha value is -2.33. The first-order chi connectivity index (χ1) is 10.9. The maximum Gasteiger partial charge on any atom is 0.514 e. The van der Waals surface area contributed by atoms with Gasteiger partial charge in [0.1, 0.15) is 5.75 Å². The number of hydrogen-bond acceptors (Lipinski definition) is 4. The molecule has 0 N–H and O–H groups in total. The van der Waals surface area contributed by atoms with E-state index in [1.54, 1.807) is 24.3 Å². The summed E-state index contributed by atoms with van der Waals surface area (Å²) in [6.45, 7) is 6.13. The molecule has 4 nitrogen and oxygen atoms in total. The molecule has 0 amide bonds. The fourth-order valence-electron chi connectivity index (χ4n) is 1.92. The van der Waals surface area contributed by atoms with Crippen LogP contribution >= 0.6 is 0 Å². The highest BCUT2D eigenvalue weighted by Crippen LogP contribution is 2.22. The van der Waals surface area contributed by atoms with Crippen LogP contribution in [0.15, 0.2) is 60.7 Å². The molecule has 1 atom stereocenters. The first-order valence-electron chi connectivity index (χ1n) is 7.56. The van der Waals surface area contributed by atoms with E-state index in [0.29, 0.717) is 5.75 Å². The van der Waals surface area contributed by atoms with Crippen molar-refractivity contribution in [1.29, 1.82) is 0 Å². The largest absolute Gasteiger partial charge is 0.514 e. The minimum atomic E-state index is -0.748. The Morgan fingerprint density at radius 2 is 1.52 bits per heavy atom. The Morgan fingerprint density at radius 3 is 2.09 bits per heavy atom. The molecule has 4 heteroatoms. The summed E-state index contributed by atoms with van der Waals surface area (Å²) in [6.07, 6.45) is -1.27. The van der Waals surface area contributed by atoms with Gasteiger partial charge in [0, 0.05) is 0 Å². The lowest BCUT2D eigenvalue weighted by atomic mass is 10.1. The van der Waals surface area contributed by atoms with Crippen LogP contribution in [0.25, 0.3) is 0 Å². The predicted molar refractivity (Wildman–Crippen MR) is 88.4 cm³/mol. The van der Waals surface area contributed by atoms with Crippen LogP contribution in [0.4, 0.5) is 4.79 Å². The van der Waals surface area contributed by atoms with Crippen LogP contribution in [0.2, 0.25) is 0 Å². The average molecular weight is 314 g/mol. The second-order valence-corrected chi connectivity index (χ2v) is 6.11. The highest BCUT2D eigenvalue weighted by molar-refractivity contribution is 5.64. The first kappa shape index (κ1) is 17.0. The molecular weight excluding hydrogens is 292 g/mol. The van der Waals surface area contributed by atoms with Crippen LogP contribution in [-0.2, 0) is 9.47 Å². The van der Waals surface area contributed by atoms with Crippen molar-refractivity contribution in [2.45, 2.75) is 32.5 Å². The van der Waals surface area contributed by atoms with E-state index in [9.17, 15) is 4.79 Å². The summed E-state index contributed by atoms with van der Waals surface area (Å²) >= 11 is 0. The smallest absolute Gasteiger partial charge is 0.423 e. The van der Waals surface area contributed by atoms with E-state index in [1.165, 1.54) is 0 Å². The van der Waals surface area contributed by atoms with Gasteiger partial charge in [0.15, 0.2) is 6.10 Å². The van der Waals surface area contributed by atoms with E-state index in [4.69, 9.17) is 14.2 Å². The molecule has 0 aliphatic carbocycles. The summed E-state index contributed by atoms with van der Waals surface area (Å²) < 4.78 is 16.4. The molecule has 0 aromatic heterocycles. The molecule has 0 aliphatic heterocycles. The molecule has 122 valence electrons. The molecule has 0 saturated carbocycles. The highest BCUT2D eigenvalue weighted by atomic mass is 16.7. The molecule has 0 saturated heterocycles. The summed E-state index contributed by atoms with van der Waals surface area (Å²) in [5.41, 5.74) is 0.543. The molecule has 1 unspecified atom stereocenters. The van der Waals surface area contributed by atoms with Crippen LogP contribution in [-0.4, -0.2) is 18.4 Å². The zero-order chi connectivity index (χ0) is 16.7. The zero-order valence-corrected chi connectivity index (χ0v) is 13.7. The van der Waals surface area contributed by atoms with Crippen LogP contribution in [0.1, 0.15) is 32.4 Å². The SMILES string of the molecule is CC(C)(C)OCC(OC(=O)Oc1ccccc1)c1ccccc1. The molecule has 0 fully saturated rings. The van der Waals surface area contributed by atoms with Crippen LogP contribution in [0.5, 0.6) is 5.75 Å². The van der Waals surface area contributed by atoms with Crippen molar-refractivity contribution in [3.8, 4) is 5.75 Å². The van der Waals surface area contributed by atoms with Crippen LogP contribution in [0, 0.1) is 0 Å². The quantitative estimate of drug-likeness (QED) is 0.589. The first-order valence-corrected chi connectivity index (χ1v) is 7.56. The molecule has 2 rings (SSSR count). The van der Waals surface area contributed by atoms with Crippen molar-refractivity contribution in [2.24, 2.45) is 0 Å². The number of ether oxygens (including phenoxy) is 3. The van der Waals surface area contributed by atoms with Crippen LogP contribution in [0.3, 0.4) is 0 Å². The van der Waals surface area contributed by atoms with Crippen molar-refractivity contribution >= 4 is 6.16 Å². The fourth-order valence-corrected chi connectivity index (χ4v) is 1.92. The van der Waals surface area contributed by atoms with E-state index in [-0.39, 0.29) is 12.2 Å². The average Bonchev–Trinajstić information content (AvgIpc) is 2.52. The third-order valence-electron chi connectivity index (χ3n) is 3.02. The van der Waals surface area contributed by atoms with Gasteiger partial charge in [-0.1, -0.05) is 48.5 Å². The second kappa shape index (κ2) is 7.79. The van der Waals surface area contributed by atoms with Crippen molar-refractivity contribution < 1.29 is 19.0 Å². The van der Waals surface area contributed by atoms with E-state index in [1.807, 2.05) is 57.2 Å². The molecule has 0 spiro atoms. The van der Waals surface area contributed by atoms with Gasteiger partial charge in [-0.25, -0.2) is 4.79 Å². The molecule has 2 aromatic rings. The van der Waals surface area contributed by atoms with Gasteiger partial charge in [-0.05, 0) is 38.5 Å². The number of para-hydroxylation sites is 1. The van der Waals surface area contributed by atoms with Gasteiger partial charge in [0.25, 0.3) is 0 Å². The number of benzene rings is 2. The molecule has 0 radical (unpaired) electrons. The minimum absolute atomic E-state index is 0.261. The third-order valence-corrected chi connectivity index (χ3v) is 3.02. The molecular formula is C19H22O4. The summed E-state index contributed by atoms with van der Waals surface area (Å²) in [5, 5.41) is 0. The maximum atomic E-state index is 12.0. The van der Waals surface area contributed by atoms with Gasteiger partial charge in [0.2, 0.25) is 0 Å².